The van der Waals surface area contributed by atoms with Gasteiger partial charge in [0.1, 0.15) is 12.4 Å². The van der Waals surface area contributed by atoms with Crippen molar-refractivity contribution in [2.75, 3.05) is 56.8 Å². The lowest BCUT2D eigenvalue weighted by atomic mass is 10.00. The van der Waals surface area contributed by atoms with E-state index in [1.807, 2.05) is 35.1 Å². The Morgan fingerprint density at radius 1 is 0.961 bits per heavy atom. The molecule has 0 saturated carbocycles. The number of unbranched alkanes of at least 4 members (excludes halogenated alkanes) is 1. The molecule has 0 bridgehead atoms. The number of nitrogens with zero attached hydrogens (tertiary/aromatic N) is 4. The third-order valence-corrected chi connectivity index (χ3v) is 9.81. The first-order valence-electron chi connectivity index (χ1n) is 18.6. The van der Waals surface area contributed by atoms with E-state index >= 15 is 0 Å². The first-order valence-corrected chi connectivity index (χ1v) is 18.6. The van der Waals surface area contributed by atoms with Crippen molar-refractivity contribution in [2.45, 2.75) is 71.6 Å². The number of hydrogen-bond donors (Lipinski definition) is 1. The fourth-order valence-electron chi connectivity index (χ4n) is 6.76. The zero-order valence-electron chi connectivity index (χ0n) is 30.5. The van der Waals surface area contributed by atoms with Gasteiger partial charge in [-0.1, -0.05) is 43.7 Å². The number of ether oxygens (including phenoxy) is 3. The maximum Gasteiger partial charge on any atom is 0.251 e. The van der Waals surface area contributed by atoms with Gasteiger partial charge in [-0.3, -0.25) is 14.4 Å². The van der Waals surface area contributed by atoms with Crippen LogP contribution in [0.4, 0.5) is 11.4 Å². The van der Waals surface area contributed by atoms with E-state index in [0.29, 0.717) is 38.8 Å². The molecule has 6 rings (SSSR count). The molecule has 2 aliphatic rings. The van der Waals surface area contributed by atoms with Gasteiger partial charge < -0.3 is 24.4 Å². The number of benzene rings is 3. The number of fused-ring (bicyclic) bond motifs is 1. The Morgan fingerprint density at radius 3 is 2.49 bits per heavy atom. The number of carbonyl (C=O) groups excluding carboxylic acids is 1. The van der Waals surface area contributed by atoms with Crippen LogP contribution in [0.25, 0.3) is 17.2 Å². The van der Waals surface area contributed by atoms with Gasteiger partial charge in [-0.15, -0.1) is 0 Å². The van der Waals surface area contributed by atoms with E-state index in [9.17, 15) is 4.79 Å². The average Bonchev–Trinajstić information content (AvgIpc) is 3.55. The lowest BCUT2D eigenvalue weighted by molar-refractivity contribution is -0.112. The minimum Gasteiger partial charge on any atom is -0.491 e. The van der Waals surface area contributed by atoms with Gasteiger partial charge in [-0.25, -0.2) is 0 Å². The summed E-state index contributed by atoms with van der Waals surface area (Å²) in [6, 6.07) is 23.5. The second-order valence-electron chi connectivity index (χ2n) is 13.6. The molecule has 9 heteroatoms. The summed E-state index contributed by atoms with van der Waals surface area (Å²) < 4.78 is 19.0. The highest BCUT2D eigenvalue weighted by Crippen LogP contribution is 2.34. The van der Waals surface area contributed by atoms with Crippen LogP contribution in [-0.2, 0) is 33.9 Å². The van der Waals surface area contributed by atoms with Gasteiger partial charge >= 0.3 is 0 Å². The summed E-state index contributed by atoms with van der Waals surface area (Å²) >= 11 is 0. The molecule has 0 radical (unpaired) electrons. The van der Waals surface area contributed by atoms with Gasteiger partial charge in [0.2, 0.25) is 0 Å². The predicted octanol–water partition coefficient (Wildman–Crippen LogP) is 7.81. The van der Waals surface area contributed by atoms with Crippen LogP contribution in [0.5, 0.6) is 5.75 Å². The Bertz CT molecular complexity index is 1730. The number of nitrogens with one attached hydrogen (secondary N) is 1. The number of carbonyl (C=O) groups is 1. The maximum atomic E-state index is 13.8. The fraction of sp³-hybridized carbons (Fsp3) is 0.429. The monoisotopic (exact) mass is 691 g/mol. The van der Waals surface area contributed by atoms with E-state index in [2.05, 4.69) is 95.8 Å². The Morgan fingerprint density at radius 2 is 1.75 bits per heavy atom. The minimum atomic E-state index is -0.0701. The summed E-state index contributed by atoms with van der Waals surface area (Å²) in [5.41, 5.74) is 8.24. The molecule has 9 nitrogen and oxygen atoms in total. The van der Waals surface area contributed by atoms with Gasteiger partial charge in [0.15, 0.2) is 0 Å². The third kappa shape index (κ3) is 10.1. The van der Waals surface area contributed by atoms with Crippen LogP contribution in [0.1, 0.15) is 62.6 Å². The summed E-state index contributed by atoms with van der Waals surface area (Å²) in [5, 5.41) is 7.68. The third-order valence-electron chi connectivity index (χ3n) is 9.81. The second kappa shape index (κ2) is 18.2. The summed E-state index contributed by atoms with van der Waals surface area (Å²) in [5.74, 6) is 0.754. The molecule has 1 aromatic heterocycles. The van der Waals surface area contributed by atoms with Crippen LogP contribution in [0.15, 0.2) is 84.7 Å². The molecule has 1 amide bonds. The molecular formula is C42H53N5O4. The van der Waals surface area contributed by atoms with Crippen LogP contribution in [-0.4, -0.2) is 73.3 Å². The molecule has 0 unspecified atom stereocenters. The molecule has 2 aliphatic heterocycles. The minimum absolute atomic E-state index is 0.0701. The number of aromatic nitrogens is 2. The standard InChI is InChI=1S/C42H53N5O4/c1-4-6-21-49-24-25-51-40-14-9-34(10-15-40)35-11-16-41-37(26-35)27-36(17-20-46(41)30-33-28-43-47(5-2)31-33)42(48)44-38-12-7-32(8-13-38)29-45(3)39-18-22-50-23-19-39/h7-16,26-28,31,39H,4-6,17-25,29-30H2,1-3H3,(H,44,48). The highest BCUT2D eigenvalue weighted by atomic mass is 16.5. The van der Waals surface area contributed by atoms with E-state index in [1.54, 1.807) is 0 Å². The molecule has 3 heterocycles. The summed E-state index contributed by atoms with van der Waals surface area (Å²) in [6.07, 6.45) is 11.1. The first kappa shape index (κ1) is 36.4. The summed E-state index contributed by atoms with van der Waals surface area (Å²) in [4.78, 5) is 18.6. The van der Waals surface area contributed by atoms with E-state index in [-0.39, 0.29) is 5.91 Å². The highest BCUT2D eigenvalue weighted by Gasteiger charge is 2.22. The van der Waals surface area contributed by atoms with E-state index in [4.69, 9.17) is 14.2 Å². The van der Waals surface area contributed by atoms with Crippen molar-refractivity contribution in [3.63, 3.8) is 0 Å². The van der Waals surface area contributed by atoms with Crippen LogP contribution in [0, 0.1) is 0 Å². The van der Waals surface area contributed by atoms with Crippen molar-refractivity contribution < 1.29 is 19.0 Å². The average molecular weight is 692 g/mol. The van der Waals surface area contributed by atoms with Crippen molar-refractivity contribution in [3.8, 4) is 16.9 Å². The number of aryl methyl sites for hydroxylation is 1. The number of hydrogen-bond acceptors (Lipinski definition) is 7. The smallest absolute Gasteiger partial charge is 0.251 e. The molecule has 1 N–H and O–H groups in total. The van der Waals surface area contributed by atoms with E-state index in [1.165, 1.54) is 5.56 Å². The SMILES string of the molecule is CCCCOCCOc1ccc(-c2ccc3c(c2)C=C(C(=O)Nc2ccc(CN(C)C4CCOCC4)cc2)CCN3Cc2cnn(CC)c2)cc1. The topological polar surface area (TPSA) is 81.1 Å². The fourth-order valence-corrected chi connectivity index (χ4v) is 6.76. The van der Waals surface area contributed by atoms with Gasteiger partial charge in [0.25, 0.3) is 5.91 Å². The van der Waals surface area contributed by atoms with Gasteiger partial charge in [-0.05, 0) is 104 Å². The lowest BCUT2D eigenvalue weighted by Crippen LogP contribution is -2.36. The normalized spacial score (nSPS) is 15.0. The molecule has 270 valence electrons. The molecule has 51 heavy (non-hydrogen) atoms. The Balaban J connectivity index is 1.16. The molecule has 4 aromatic rings. The Labute approximate surface area is 303 Å². The predicted molar refractivity (Wildman–Crippen MR) is 205 cm³/mol. The van der Waals surface area contributed by atoms with Crippen molar-refractivity contribution in [2.24, 2.45) is 0 Å². The van der Waals surface area contributed by atoms with E-state index < -0.39 is 0 Å². The zero-order chi connectivity index (χ0) is 35.4. The molecule has 0 spiro atoms. The second-order valence-corrected chi connectivity index (χ2v) is 13.6. The Hall–Kier alpha value is -4.44. The van der Waals surface area contributed by atoms with Crippen molar-refractivity contribution in [3.05, 3.63) is 101 Å². The molecule has 1 fully saturated rings. The lowest BCUT2D eigenvalue weighted by Gasteiger charge is -2.31. The van der Waals surface area contributed by atoms with Crippen LogP contribution in [0.3, 0.4) is 0 Å². The number of amides is 1. The van der Waals surface area contributed by atoms with Crippen molar-refractivity contribution in [1.29, 1.82) is 0 Å². The van der Waals surface area contributed by atoms with Crippen LogP contribution < -0.4 is 15.0 Å². The van der Waals surface area contributed by atoms with Gasteiger partial charge in [0.05, 0.1) is 12.8 Å². The molecule has 1 saturated heterocycles. The van der Waals surface area contributed by atoms with Crippen LogP contribution >= 0.6 is 0 Å². The first-order chi connectivity index (χ1) is 25.0. The van der Waals surface area contributed by atoms with Gasteiger partial charge in [0, 0.05) is 80.7 Å². The van der Waals surface area contributed by atoms with Crippen molar-refractivity contribution in [1.82, 2.24) is 14.7 Å². The van der Waals surface area contributed by atoms with Crippen LogP contribution in [0.2, 0.25) is 0 Å². The van der Waals surface area contributed by atoms with E-state index in [0.717, 1.165) is 104 Å². The number of anilines is 2. The largest absolute Gasteiger partial charge is 0.491 e. The zero-order valence-corrected chi connectivity index (χ0v) is 30.5. The summed E-state index contributed by atoms with van der Waals surface area (Å²) in [6.45, 7) is 11.0. The quantitative estimate of drug-likeness (QED) is 0.120. The van der Waals surface area contributed by atoms with Gasteiger partial charge in [-0.2, -0.15) is 5.10 Å². The summed E-state index contributed by atoms with van der Waals surface area (Å²) in [7, 11) is 2.18. The molecule has 0 aliphatic carbocycles. The maximum absolute atomic E-state index is 13.8. The number of rotatable bonds is 16. The molecule has 3 aromatic carbocycles. The molecule has 0 atom stereocenters. The highest BCUT2D eigenvalue weighted by molar-refractivity contribution is 6.07. The Kier molecular flexibility index (Phi) is 13.0. The van der Waals surface area contributed by atoms with Crippen molar-refractivity contribution >= 4 is 23.4 Å². The molecular weight excluding hydrogens is 638 g/mol.